The molecule has 3 heteroatoms. The second kappa shape index (κ2) is 4.31. The highest BCUT2D eigenvalue weighted by Crippen LogP contribution is 2.37. The van der Waals surface area contributed by atoms with E-state index in [1.807, 2.05) is 24.3 Å². The molecule has 1 saturated heterocycles. The van der Waals surface area contributed by atoms with Gasteiger partial charge >= 0.3 is 0 Å². The third-order valence-corrected chi connectivity index (χ3v) is 3.51. The van der Waals surface area contributed by atoms with Crippen molar-refractivity contribution in [2.75, 3.05) is 12.3 Å². The summed E-state index contributed by atoms with van der Waals surface area (Å²) in [5.41, 5.74) is 7.70. The smallest absolute Gasteiger partial charge is 0.0749 e. The number of nitrogens with two attached hydrogens (primary N) is 1. The van der Waals surface area contributed by atoms with Crippen LogP contribution in [0.2, 0.25) is 0 Å². The van der Waals surface area contributed by atoms with Gasteiger partial charge in [-0.25, -0.2) is 0 Å². The topological polar surface area (TPSA) is 49.5 Å². The van der Waals surface area contributed by atoms with E-state index >= 15 is 0 Å². The van der Waals surface area contributed by atoms with Crippen molar-refractivity contribution in [1.82, 2.24) is 4.90 Å². The number of nitrogens with zero attached hydrogens (tertiary/aromatic N) is 1. The lowest BCUT2D eigenvalue weighted by atomic mass is 9.98. The first-order chi connectivity index (χ1) is 7.89. The van der Waals surface area contributed by atoms with E-state index in [0.717, 1.165) is 24.2 Å². The zero-order valence-electron chi connectivity index (χ0n) is 10.9. The van der Waals surface area contributed by atoms with Crippen LogP contribution in [-0.4, -0.2) is 28.2 Å². The predicted molar refractivity (Wildman–Crippen MR) is 70.7 cm³/mol. The maximum absolute atomic E-state index is 10.2. The fourth-order valence-electron chi connectivity index (χ4n) is 2.62. The standard InChI is InChI=1S/C14H22N2O/c1-14(2,3)16-9-8-12(17)13(16)10-4-6-11(15)7-5-10/h4-7,12-13,17H,8-9,15H2,1-3H3. The fourth-order valence-corrected chi connectivity index (χ4v) is 2.62. The van der Waals surface area contributed by atoms with Crippen molar-refractivity contribution >= 4 is 5.69 Å². The number of rotatable bonds is 1. The highest BCUT2D eigenvalue weighted by Gasteiger charge is 2.39. The molecular weight excluding hydrogens is 212 g/mol. The first-order valence-corrected chi connectivity index (χ1v) is 6.20. The number of hydrogen-bond donors (Lipinski definition) is 2. The molecule has 2 atom stereocenters. The SMILES string of the molecule is CC(C)(C)N1CCC(O)C1c1ccc(N)cc1. The summed E-state index contributed by atoms with van der Waals surface area (Å²) >= 11 is 0. The van der Waals surface area contributed by atoms with Crippen molar-refractivity contribution in [1.29, 1.82) is 0 Å². The van der Waals surface area contributed by atoms with Gasteiger partial charge in [-0.05, 0) is 44.9 Å². The first-order valence-electron chi connectivity index (χ1n) is 6.20. The predicted octanol–water partition coefficient (Wildman–Crippen LogP) is 2.17. The molecule has 3 N–H and O–H groups in total. The lowest BCUT2D eigenvalue weighted by Gasteiger charge is -2.37. The molecule has 1 heterocycles. The second-order valence-electron chi connectivity index (χ2n) is 5.83. The molecule has 2 unspecified atom stereocenters. The maximum atomic E-state index is 10.2. The van der Waals surface area contributed by atoms with Gasteiger partial charge in [-0.15, -0.1) is 0 Å². The molecule has 0 aliphatic carbocycles. The second-order valence-corrected chi connectivity index (χ2v) is 5.83. The van der Waals surface area contributed by atoms with Gasteiger partial charge in [-0.2, -0.15) is 0 Å². The molecule has 0 spiro atoms. The molecule has 0 amide bonds. The Bertz CT molecular complexity index is 380. The van der Waals surface area contributed by atoms with Gasteiger partial charge in [-0.1, -0.05) is 12.1 Å². The summed E-state index contributed by atoms with van der Waals surface area (Å²) in [6, 6.07) is 7.94. The van der Waals surface area contributed by atoms with E-state index in [-0.39, 0.29) is 17.7 Å². The van der Waals surface area contributed by atoms with Crippen molar-refractivity contribution < 1.29 is 5.11 Å². The Balaban J connectivity index is 2.31. The van der Waals surface area contributed by atoms with Gasteiger partial charge in [0.1, 0.15) is 0 Å². The van der Waals surface area contributed by atoms with Crippen LogP contribution in [0.4, 0.5) is 5.69 Å². The summed E-state index contributed by atoms with van der Waals surface area (Å²) in [6.07, 6.45) is 0.560. The highest BCUT2D eigenvalue weighted by molar-refractivity contribution is 5.40. The molecule has 1 aliphatic heterocycles. The van der Waals surface area contributed by atoms with Crippen molar-refractivity contribution in [3.8, 4) is 0 Å². The number of benzene rings is 1. The van der Waals surface area contributed by atoms with E-state index in [1.165, 1.54) is 0 Å². The number of likely N-dealkylation sites (tertiary alicyclic amines) is 1. The van der Waals surface area contributed by atoms with Gasteiger partial charge < -0.3 is 10.8 Å². The summed E-state index contributed by atoms with van der Waals surface area (Å²) in [4.78, 5) is 2.36. The zero-order chi connectivity index (χ0) is 12.6. The average molecular weight is 234 g/mol. The zero-order valence-corrected chi connectivity index (χ0v) is 10.9. The molecule has 94 valence electrons. The van der Waals surface area contributed by atoms with Crippen LogP contribution in [-0.2, 0) is 0 Å². The van der Waals surface area contributed by atoms with Crippen molar-refractivity contribution in [3.63, 3.8) is 0 Å². The van der Waals surface area contributed by atoms with Crippen molar-refractivity contribution in [2.45, 2.75) is 44.9 Å². The van der Waals surface area contributed by atoms with E-state index in [1.54, 1.807) is 0 Å². The van der Waals surface area contributed by atoms with Crippen molar-refractivity contribution in [3.05, 3.63) is 29.8 Å². The van der Waals surface area contributed by atoms with E-state index in [9.17, 15) is 5.11 Å². The Morgan fingerprint density at radius 3 is 2.35 bits per heavy atom. The van der Waals surface area contributed by atoms with Gasteiger partial charge in [0.05, 0.1) is 12.1 Å². The molecule has 1 aliphatic rings. The van der Waals surface area contributed by atoms with Crippen molar-refractivity contribution in [2.24, 2.45) is 0 Å². The summed E-state index contributed by atoms with van der Waals surface area (Å²) < 4.78 is 0. The lowest BCUT2D eigenvalue weighted by Crippen LogP contribution is -2.42. The quantitative estimate of drug-likeness (QED) is 0.732. The minimum atomic E-state index is -0.280. The van der Waals surface area contributed by atoms with Gasteiger partial charge in [0, 0.05) is 17.8 Å². The van der Waals surface area contributed by atoms with Gasteiger partial charge in [-0.3, -0.25) is 4.90 Å². The van der Waals surface area contributed by atoms with Crippen LogP contribution in [0.5, 0.6) is 0 Å². The molecule has 3 nitrogen and oxygen atoms in total. The number of anilines is 1. The van der Waals surface area contributed by atoms with E-state index < -0.39 is 0 Å². The number of aliphatic hydroxyl groups excluding tert-OH is 1. The molecule has 0 aromatic heterocycles. The number of aliphatic hydroxyl groups is 1. The van der Waals surface area contributed by atoms with Crippen LogP contribution in [0.3, 0.4) is 0 Å². The summed E-state index contributed by atoms with van der Waals surface area (Å²) in [5.74, 6) is 0. The molecule has 17 heavy (non-hydrogen) atoms. The van der Waals surface area contributed by atoms with E-state index in [2.05, 4.69) is 25.7 Å². The normalized spacial score (nSPS) is 26.4. The summed E-state index contributed by atoms with van der Waals surface area (Å²) in [7, 11) is 0. The largest absolute Gasteiger partial charge is 0.399 e. The van der Waals surface area contributed by atoms with Crippen LogP contribution in [0, 0.1) is 0 Å². The molecule has 0 bridgehead atoms. The number of nitrogen functional groups attached to an aromatic ring is 1. The van der Waals surface area contributed by atoms with Gasteiger partial charge in [0.2, 0.25) is 0 Å². The molecule has 1 aromatic rings. The maximum Gasteiger partial charge on any atom is 0.0749 e. The van der Waals surface area contributed by atoms with Gasteiger partial charge in [0.25, 0.3) is 0 Å². The lowest BCUT2D eigenvalue weighted by molar-refractivity contribution is 0.0636. The Morgan fingerprint density at radius 2 is 1.82 bits per heavy atom. The Morgan fingerprint density at radius 1 is 1.24 bits per heavy atom. The third kappa shape index (κ3) is 2.45. The van der Waals surface area contributed by atoms with Crippen LogP contribution < -0.4 is 5.73 Å². The van der Waals surface area contributed by atoms with Crippen LogP contribution in [0.25, 0.3) is 0 Å². The minimum Gasteiger partial charge on any atom is -0.399 e. The molecule has 2 rings (SSSR count). The third-order valence-electron chi connectivity index (χ3n) is 3.51. The molecule has 0 radical (unpaired) electrons. The minimum absolute atomic E-state index is 0.0729. The fraction of sp³-hybridized carbons (Fsp3) is 0.571. The van der Waals surface area contributed by atoms with E-state index in [0.29, 0.717) is 0 Å². The molecule has 1 fully saturated rings. The number of hydrogen-bond acceptors (Lipinski definition) is 3. The molecule has 0 saturated carbocycles. The first kappa shape index (κ1) is 12.4. The highest BCUT2D eigenvalue weighted by atomic mass is 16.3. The van der Waals surface area contributed by atoms with E-state index in [4.69, 9.17) is 5.73 Å². The molecular formula is C14H22N2O. The van der Waals surface area contributed by atoms with Gasteiger partial charge in [0.15, 0.2) is 0 Å². The summed E-state index contributed by atoms with van der Waals surface area (Å²) in [5, 5.41) is 10.2. The van der Waals surface area contributed by atoms with Crippen LogP contribution in [0.1, 0.15) is 38.8 Å². The Kier molecular flexibility index (Phi) is 3.15. The summed E-state index contributed by atoms with van der Waals surface area (Å²) in [6.45, 7) is 7.51. The Labute approximate surface area is 103 Å². The Hall–Kier alpha value is -1.06. The average Bonchev–Trinajstić information content (AvgIpc) is 2.61. The van der Waals surface area contributed by atoms with Crippen LogP contribution in [0.15, 0.2) is 24.3 Å². The molecule has 1 aromatic carbocycles. The van der Waals surface area contributed by atoms with Crippen LogP contribution >= 0.6 is 0 Å². The monoisotopic (exact) mass is 234 g/mol.